The average Bonchev–Trinajstić information content (AvgIpc) is 3.19. The van der Waals surface area contributed by atoms with E-state index in [0.717, 1.165) is 19.3 Å². The Hall–Kier alpha value is -0.690. The summed E-state index contributed by atoms with van der Waals surface area (Å²) in [7, 11) is 1.67. The molecular weight excluding hydrogens is 248 g/mol. The van der Waals surface area contributed by atoms with Crippen molar-refractivity contribution in [3.63, 3.8) is 0 Å². The standard InChI is InChI=1S/C13H26N2O4/c1-17-6-2-7-18-9-10-19-8-5-12(13(14)16)15-11-3-4-11/h11-12,15H,2-10H2,1H3,(H2,14,16). The van der Waals surface area contributed by atoms with Gasteiger partial charge in [-0.15, -0.1) is 0 Å². The second kappa shape index (κ2) is 10.1. The zero-order valence-corrected chi connectivity index (χ0v) is 11.7. The van der Waals surface area contributed by atoms with Crippen molar-refractivity contribution in [1.82, 2.24) is 5.32 Å². The van der Waals surface area contributed by atoms with E-state index in [9.17, 15) is 4.79 Å². The van der Waals surface area contributed by atoms with Gasteiger partial charge >= 0.3 is 0 Å². The Labute approximate surface area is 115 Å². The third kappa shape index (κ3) is 8.93. The van der Waals surface area contributed by atoms with Crippen LogP contribution in [0.1, 0.15) is 25.7 Å². The molecule has 0 aromatic rings. The summed E-state index contributed by atoms with van der Waals surface area (Å²) in [6.45, 7) is 3.04. The largest absolute Gasteiger partial charge is 0.385 e. The molecule has 0 radical (unpaired) electrons. The highest BCUT2D eigenvalue weighted by Crippen LogP contribution is 2.19. The minimum Gasteiger partial charge on any atom is -0.385 e. The first-order chi connectivity index (χ1) is 9.24. The fourth-order valence-electron chi connectivity index (χ4n) is 1.67. The van der Waals surface area contributed by atoms with Gasteiger partial charge in [0.05, 0.1) is 19.3 Å². The monoisotopic (exact) mass is 274 g/mol. The molecule has 1 atom stereocenters. The van der Waals surface area contributed by atoms with Crippen molar-refractivity contribution in [2.45, 2.75) is 37.8 Å². The van der Waals surface area contributed by atoms with Crippen molar-refractivity contribution >= 4 is 5.91 Å². The van der Waals surface area contributed by atoms with E-state index in [4.69, 9.17) is 19.9 Å². The summed E-state index contributed by atoms with van der Waals surface area (Å²) >= 11 is 0. The number of nitrogens with one attached hydrogen (secondary N) is 1. The lowest BCUT2D eigenvalue weighted by atomic mass is 10.2. The quantitative estimate of drug-likeness (QED) is 0.464. The molecule has 6 nitrogen and oxygen atoms in total. The van der Waals surface area contributed by atoms with Crippen molar-refractivity contribution < 1.29 is 19.0 Å². The molecule has 112 valence electrons. The van der Waals surface area contributed by atoms with Crippen molar-refractivity contribution in [3.8, 4) is 0 Å². The first kappa shape index (κ1) is 16.4. The summed E-state index contributed by atoms with van der Waals surface area (Å²) in [6, 6.07) is 0.205. The molecule has 0 aromatic heterocycles. The summed E-state index contributed by atoms with van der Waals surface area (Å²) in [5.41, 5.74) is 5.33. The lowest BCUT2D eigenvalue weighted by Crippen LogP contribution is -2.43. The van der Waals surface area contributed by atoms with Gasteiger partial charge in [0.15, 0.2) is 0 Å². The van der Waals surface area contributed by atoms with Crippen molar-refractivity contribution in [2.24, 2.45) is 5.73 Å². The number of ether oxygens (including phenoxy) is 3. The molecule has 1 aliphatic carbocycles. The molecule has 19 heavy (non-hydrogen) atoms. The Morgan fingerprint density at radius 1 is 1.21 bits per heavy atom. The molecule has 0 saturated heterocycles. The van der Waals surface area contributed by atoms with Crippen LogP contribution in [0.4, 0.5) is 0 Å². The zero-order chi connectivity index (χ0) is 13.9. The summed E-state index contributed by atoms with van der Waals surface area (Å²) in [4.78, 5) is 11.2. The van der Waals surface area contributed by atoms with Gasteiger partial charge in [-0.2, -0.15) is 0 Å². The van der Waals surface area contributed by atoms with Crippen LogP contribution in [0.2, 0.25) is 0 Å². The second-order valence-electron chi connectivity index (χ2n) is 4.76. The second-order valence-corrected chi connectivity index (χ2v) is 4.76. The molecule has 0 aromatic carbocycles. The van der Waals surface area contributed by atoms with Crippen LogP contribution in [0, 0.1) is 0 Å². The SMILES string of the molecule is COCCCOCCOCCC(NC1CC1)C(N)=O. The lowest BCUT2D eigenvalue weighted by Gasteiger charge is -2.14. The molecule has 0 bridgehead atoms. The number of amides is 1. The van der Waals surface area contributed by atoms with E-state index < -0.39 is 0 Å². The van der Waals surface area contributed by atoms with Crippen LogP contribution in [-0.2, 0) is 19.0 Å². The summed E-state index contributed by atoms with van der Waals surface area (Å²) in [5.74, 6) is -0.300. The maximum Gasteiger partial charge on any atom is 0.234 e. The van der Waals surface area contributed by atoms with E-state index in [1.54, 1.807) is 7.11 Å². The smallest absolute Gasteiger partial charge is 0.234 e. The van der Waals surface area contributed by atoms with Crippen LogP contribution >= 0.6 is 0 Å². The summed E-state index contributed by atoms with van der Waals surface area (Å²) in [5, 5.41) is 3.22. The Balaban J connectivity index is 1.89. The third-order valence-electron chi connectivity index (χ3n) is 2.92. The number of hydrogen-bond acceptors (Lipinski definition) is 5. The number of nitrogens with two attached hydrogens (primary N) is 1. The molecule has 1 amide bonds. The number of rotatable bonds is 13. The average molecular weight is 274 g/mol. The highest BCUT2D eigenvalue weighted by atomic mass is 16.5. The Morgan fingerprint density at radius 3 is 2.47 bits per heavy atom. The minimum absolute atomic E-state index is 0.268. The van der Waals surface area contributed by atoms with Gasteiger partial charge in [0.25, 0.3) is 0 Å². The van der Waals surface area contributed by atoms with E-state index in [2.05, 4.69) is 5.32 Å². The first-order valence-corrected chi connectivity index (χ1v) is 6.94. The van der Waals surface area contributed by atoms with Gasteiger partial charge < -0.3 is 25.3 Å². The molecular formula is C13H26N2O4. The predicted octanol–water partition coefficient (Wildman–Crippen LogP) is 0.0521. The van der Waals surface area contributed by atoms with Gasteiger partial charge in [0, 0.05) is 33.0 Å². The fraction of sp³-hybridized carbons (Fsp3) is 0.923. The molecule has 6 heteroatoms. The Kier molecular flexibility index (Phi) is 8.73. The molecule has 1 aliphatic rings. The van der Waals surface area contributed by atoms with Gasteiger partial charge in [-0.3, -0.25) is 4.79 Å². The first-order valence-electron chi connectivity index (χ1n) is 6.94. The topological polar surface area (TPSA) is 82.8 Å². The predicted molar refractivity (Wildman–Crippen MR) is 71.9 cm³/mol. The summed E-state index contributed by atoms with van der Waals surface area (Å²) < 4.78 is 15.7. The molecule has 1 rings (SSSR count). The highest BCUT2D eigenvalue weighted by Gasteiger charge is 2.26. The molecule has 0 heterocycles. The number of carbonyl (C=O) groups is 1. The number of hydrogen-bond donors (Lipinski definition) is 2. The maximum absolute atomic E-state index is 11.2. The van der Waals surface area contributed by atoms with E-state index >= 15 is 0 Å². The van der Waals surface area contributed by atoms with Gasteiger partial charge in [0.1, 0.15) is 0 Å². The molecule has 1 unspecified atom stereocenters. The fourth-order valence-corrected chi connectivity index (χ4v) is 1.67. The van der Waals surface area contributed by atoms with E-state index in [0.29, 0.717) is 45.5 Å². The third-order valence-corrected chi connectivity index (χ3v) is 2.92. The van der Waals surface area contributed by atoms with Gasteiger partial charge in [-0.05, 0) is 25.7 Å². The summed E-state index contributed by atoms with van der Waals surface area (Å²) in [6.07, 6.45) is 3.79. The van der Waals surface area contributed by atoms with E-state index in [1.165, 1.54) is 0 Å². The van der Waals surface area contributed by atoms with Crippen LogP contribution in [0.5, 0.6) is 0 Å². The van der Waals surface area contributed by atoms with E-state index in [-0.39, 0.29) is 11.9 Å². The van der Waals surface area contributed by atoms with Crippen molar-refractivity contribution in [3.05, 3.63) is 0 Å². The Bertz CT molecular complexity index is 247. The van der Waals surface area contributed by atoms with Gasteiger partial charge in [0.2, 0.25) is 5.91 Å². The van der Waals surface area contributed by atoms with Crippen LogP contribution in [-0.4, -0.2) is 58.1 Å². The molecule has 1 fully saturated rings. The van der Waals surface area contributed by atoms with E-state index in [1.807, 2.05) is 0 Å². The van der Waals surface area contributed by atoms with Gasteiger partial charge in [-0.1, -0.05) is 0 Å². The van der Waals surface area contributed by atoms with Gasteiger partial charge in [-0.25, -0.2) is 0 Å². The molecule has 1 saturated carbocycles. The van der Waals surface area contributed by atoms with Crippen molar-refractivity contribution in [1.29, 1.82) is 0 Å². The highest BCUT2D eigenvalue weighted by molar-refractivity contribution is 5.79. The minimum atomic E-state index is -0.300. The maximum atomic E-state index is 11.2. The van der Waals surface area contributed by atoms with Crippen LogP contribution in [0.15, 0.2) is 0 Å². The number of carbonyl (C=O) groups excluding carboxylic acids is 1. The molecule has 0 aliphatic heterocycles. The van der Waals surface area contributed by atoms with Crippen LogP contribution < -0.4 is 11.1 Å². The zero-order valence-electron chi connectivity index (χ0n) is 11.7. The van der Waals surface area contributed by atoms with Crippen molar-refractivity contribution in [2.75, 3.05) is 40.1 Å². The Morgan fingerprint density at radius 2 is 1.89 bits per heavy atom. The van der Waals surface area contributed by atoms with Crippen LogP contribution in [0.3, 0.4) is 0 Å². The normalized spacial score (nSPS) is 16.5. The molecule has 3 N–H and O–H groups in total. The number of primary amides is 1. The number of methoxy groups -OCH3 is 1. The lowest BCUT2D eigenvalue weighted by molar-refractivity contribution is -0.120. The van der Waals surface area contributed by atoms with Crippen LogP contribution in [0.25, 0.3) is 0 Å². The molecule has 0 spiro atoms.